The number of thiazole rings is 1. The molecular formula is C14H19NO2S. The van der Waals surface area contributed by atoms with Crippen molar-refractivity contribution in [1.29, 1.82) is 0 Å². The van der Waals surface area contributed by atoms with E-state index in [-0.39, 0.29) is 5.92 Å². The fourth-order valence-corrected chi connectivity index (χ4v) is 4.61. The molecule has 18 heavy (non-hydrogen) atoms. The molecular weight excluding hydrogens is 246 g/mol. The van der Waals surface area contributed by atoms with E-state index in [0.717, 1.165) is 24.5 Å². The largest absolute Gasteiger partial charge is 0.481 e. The Hall–Kier alpha value is -0.900. The van der Waals surface area contributed by atoms with Gasteiger partial charge in [-0.15, -0.1) is 11.3 Å². The highest BCUT2D eigenvalue weighted by molar-refractivity contribution is 7.11. The first-order chi connectivity index (χ1) is 8.65. The van der Waals surface area contributed by atoms with Crippen LogP contribution < -0.4 is 0 Å². The number of hydrogen-bond donors (Lipinski definition) is 1. The summed E-state index contributed by atoms with van der Waals surface area (Å²) in [5.41, 5.74) is 0.876. The molecule has 2 aliphatic carbocycles. The van der Waals surface area contributed by atoms with Crippen molar-refractivity contribution in [3.05, 3.63) is 15.6 Å². The molecule has 0 spiro atoms. The summed E-state index contributed by atoms with van der Waals surface area (Å²) >= 11 is 1.78. The Morgan fingerprint density at radius 2 is 2.22 bits per heavy atom. The fourth-order valence-electron chi connectivity index (χ4n) is 3.32. The number of aryl methyl sites for hydroxylation is 1. The van der Waals surface area contributed by atoms with Gasteiger partial charge in [0, 0.05) is 10.8 Å². The van der Waals surface area contributed by atoms with E-state index in [1.165, 1.54) is 35.6 Å². The molecule has 0 amide bonds. The lowest BCUT2D eigenvalue weighted by molar-refractivity contribution is -0.138. The Balaban J connectivity index is 1.83. The van der Waals surface area contributed by atoms with E-state index in [1.54, 1.807) is 11.3 Å². The number of carbonyl (C=O) groups is 1. The van der Waals surface area contributed by atoms with Crippen molar-refractivity contribution >= 4 is 17.3 Å². The number of fused-ring (bicyclic) bond motifs is 1. The second-order valence-corrected chi connectivity index (χ2v) is 6.87. The smallest absolute Gasteiger partial charge is 0.312 e. The van der Waals surface area contributed by atoms with Gasteiger partial charge in [-0.25, -0.2) is 4.98 Å². The average molecular weight is 265 g/mol. The third kappa shape index (κ3) is 2.07. The van der Waals surface area contributed by atoms with Crippen LogP contribution in [-0.2, 0) is 11.2 Å². The van der Waals surface area contributed by atoms with E-state index >= 15 is 0 Å². The zero-order valence-corrected chi connectivity index (χ0v) is 11.5. The van der Waals surface area contributed by atoms with Gasteiger partial charge in [0.05, 0.1) is 10.7 Å². The maximum absolute atomic E-state index is 11.2. The minimum Gasteiger partial charge on any atom is -0.481 e. The molecule has 0 bridgehead atoms. The fraction of sp³-hybridized carbons (Fsp3) is 0.714. The molecule has 1 saturated carbocycles. The monoisotopic (exact) mass is 265 g/mol. The number of carboxylic acid groups (broad SMARTS) is 1. The van der Waals surface area contributed by atoms with Gasteiger partial charge in [0.15, 0.2) is 0 Å². The molecule has 3 unspecified atom stereocenters. The lowest BCUT2D eigenvalue weighted by Gasteiger charge is -2.25. The van der Waals surface area contributed by atoms with Gasteiger partial charge in [0.25, 0.3) is 0 Å². The molecule has 3 atom stereocenters. The van der Waals surface area contributed by atoms with Gasteiger partial charge in [0.2, 0.25) is 0 Å². The SMILES string of the molecule is CC1CCCC(c2nc3c(s2)CCC3C(=O)O)C1. The molecule has 0 saturated heterocycles. The van der Waals surface area contributed by atoms with Crippen LogP contribution in [0, 0.1) is 5.92 Å². The summed E-state index contributed by atoms with van der Waals surface area (Å²) < 4.78 is 0. The van der Waals surface area contributed by atoms with E-state index in [1.807, 2.05) is 0 Å². The molecule has 1 fully saturated rings. The number of aromatic nitrogens is 1. The van der Waals surface area contributed by atoms with Crippen LogP contribution in [0.2, 0.25) is 0 Å². The second-order valence-electron chi connectivity index (χ2n) is 5.76. The summed E-state index contributed by atoms with van der Waals surface area (Å²) in [6.45, 7) is 2.31. The summed E-state index contributed by atoms with van der Waals surface area (Å²) in [5.74, 6) is 0.324. The third-order valence-electron chi connectivity index (χ3n) is 4.32. The first-order valence-electron chi connectivity index (χ1n) is 6.87. The number of carboxylic acids is 1. The van der Waals surface area contributed by atoms with Crippen LogP contribution in [0.15, 0.2) is 0 Å². The average Bonchev–Trinajstić information content (AvgIpc) is 2.87. The predicted octanol–water partition coefficient (Wildman–Crippen LogP) is 3.55. The summed E-state index contributed by atoms with van der Waals surface area (Å²) in [5, 5.41) is 10.4. The first kappa shape index (κ1) is 12.2. The predicted molar refractivity (Wildman–Crippen MR) is 71.2 cm³/mol. The Morgan fingerprint density at radius 3 is 2.94 bits per heavy atom. The van der Waals surface area contributed by atoms with E-state index in [2.05, 4.69) is 11.9 Å². The van der Waals surface area contributed by atoms with Crippen molar-refractivity contribution in [2.45, 2.75) is 57.3 Å². The lowest BCUT2D eigenvalue weighted by Crippen LogP contribution is -2.13. The topological polar surface area (TPSA) is 50.2 Å². The van der Waals surface area contributed by atoms with E-state index in [0.29, 0.717) is 5.92 Å². The van der Waals surface area contributed by atoms with Crippen molar-refractivity contribution in [2.24, 2.45) is 5.92 Å². The summed E-state index contributed by atoms with van der Waals surface area (Å²) in [7, 11) is 0. The highest BCUT2D eigenvalue weighted by Gasteiger charge is 2.34. The highest BCUT2D eigenvalue weighted by atomic mass is 32.1. The normalized spacial score (nSPS) is 31.3. The van der Waals surface area contributed by atoms with Crippen LogP contribution in [0.5, 0.6) is 0 Å². The zero-order chi connectivity index (χ0) is 12.7. The molecule has 98 valence electrons. The Morgan fingerprint density at radius 1 is 1.39 bits per heavy atom. The zero-order valence-electron chi connectivity index (χ0n) is 10.7. The van der Waals surface area contributed by atoms with Crippen LogP contribution >= 0.6 is 11.3 Å². The minimum atomic E-state index is -0.706. The molecule has 0 radical (unpaired) electrons. The molecule has 4 heteroatoms. The first-order valence-corrected chi connectivity index (χ1v) is 7.69. The molecule has 0 aromatic carbocycles. The summed E-state index contributed by atoms with van der Waals surface area (Å²) in [6, 6.07) is 0. The Kier molecular flexibility index (Phi) is 3.14. The van der Waals surface area contributed by atoms with E-state index < -0.39 is 5.97 Å². The number of aliphatic carboxylic acids is 1. The van der Waals surface area contributed by atoms with Gasteiger partial charge in [-0.05, 0) is 31.6 Å². The molecule has 3 rings (SSSR count). The third-order valence-corrected chi connectivity index (χ3v) is 5.61. The van der Waals surface area contributed by atoms with Crippen LogP contribution in [-0.4, -0.2) is 16.1 Å². The standard InChI is InChI=1S/C14H19NO2S/c1-8-3-2-4-9(7-8)13-15-12-10(14(16)17)5-6-11(12)18-13/h8-10H,2-7H2,1H3,(H,16,17). The van der Waals surface area contributed by atoms with Gasteiger partial charge in [-0.3, -0.25) is 4.79 Å². The molecule has 3 nitrogen and oxygen atoms in total. The van der Waals surface area contributed by atoms with Gasteiger partial charge in [0.1, 0.15) is 5.92 Å². The van der Waals surface area contributed by atoms with Crippen LogP contribution in [0.1, 0.15) is 66.4 Å². The van der Waals surface area contributed by atoms with Crippen LogP contribution in [0.25, 0.3) is 0 Å². The van der Waals surface area contributed by atoms with E-state index in [9.17, 15) is 9.90 Å². The highest BCUT2D eigenvalue weighted by Crippen LogP contribution is 2.43. The summed E-state index contributed by atoms with van der Waals surface area (Å²) in [4.78, 5) is 17.1. The van der Waals surface area contributed by atoms with Crippen LogP contribution in [0.3, 0.4) is 0 Å². The van der Waals surface area contributed by atoms with Gasteiger partial charge in [-0.2, -0.15) is 0 Å². The number of hydrogen-bond acceptors (Lipinski definition) is 3. The molecule has 1 N–H and O–H groups in total. The Labute approximate surface area is 111 Å². The molecule has 1 aromatic heterocycles. The number of nitrogens with zero attached hydrogens (tertiary/aromatic N) is 1. The maximum Gasteiger partial charge on any atom is 0.312 e. The molecule has 1 aromatic rings. The van der Waals surface area contributed by atoms with Crippen molar-refractivity contribution in [1.82, 2.24) is 4.98 Å². The van der Waals surface area contributed by atoms with Crippen molar-refractivity contribution in [3.63, 3.8) is 0 Å². The maximum atomic E-state index is 11.2. The van der Waals surface area contributed by atoms with Crippen molar-refractivity contribution < 1.29 is 9.90 Å². The molecule has 2 aliphatic rings. The summed E-state index contributed by atoms with van der Waals surface area (Å²) in [6.07, 6.45) is 6.73. The Bertz CT molecular complexity index is 468. The number of rotatable bonds is 2. The van der Waals surface area contributed by atoms with Crippen molar-refractivity contribution in [2.75, 3.05) is 0 Å². The lowest BCUT2D eigenvalue weighted by atomic mass is 9.83. The second kappa shape index (κ2) is 4.65. The quantitative estimate of drug-likeness (QED) is 0.889. The van der Waals surface area contributed by atoms with Gasteiger partial charge >= 0.3 is 5.97 Å². The minimum absolute atomic E-state index is 0.342. The van der Waals surface area contributed by atoms with Gasteiger partial charge in [-0.1, -0.05) is 19.8 Å². The van der Waals surface area contributed by atoms with E-state index in [4.69, 9.17) is 0 Å². The van der Waals surface area contributed by atoms with Crippen LogP contribution in [0.4, 0.5) is 0 Å². The van der Waals surface area contributed by atoms with Crippen molar-refractivity contribution in [3.8, 4) is 0 Å². The molecule has 1 heterocycles. The molecule has 0 aliphatic heterocycles. The van der Waals surface area contributed by atoms with Gasteiger partial charge < -0.3 is 5.11 Å².